The second kappa shape index (κ2) is 9.34. The van der Waals surface area contributed by atoms with E-state index in [1.54, 1.807) is 36.4 Å². The Morgan fingerprint density at radius 1 is 1.12 bits per heavy atom. The number of carbonyl (C=O) groups excluding carboxylic acids is 1. The molecule has 6 nitrogen and oxygen atoms in total. The summed E-state index contributed by atoms with van der Waals surface area (Å²) in [6, 6.07) is 14.5. The summed E-state index contributed by atoms with van der Waals surface area (Å²) in [5.41, 5.74) is 1.36. The van der Waals surface area contributed by atoms with Crippen LogP contribution in [0.5, 0.6) is 5.88 Å². The van der Waals surface area contributed by atoms with E-state index in [4.69, 9.17) is 16.3 Å². The molecule has 176 valence electrons. The number of benzene rings is 2. The number of fused-ring (bicyclic) bond motifs is 1. The largest absolute Gasteiger partial charge is 0.467 e. The molecule has 1 amide bonds. The van der Waals surface area contributed by atoms with Gasteiger partial charge in [-0.25, -0.2) is 4.68 Å². The summed E-state index contributed by atoms with van der Waals surface area (Å²) in [6.07, 6.45) is -3.85. The summed E-state index contributed by atoms with van der Waals surface area (Å²) in [6.45, 7) is 2.97. The second-order valence-corrected chi connectivity index (χ2v) is 8.00. The van der Waals surface area contributed by atoms with Gasteiger partial charge in [-0.2, -0.15) is 23.3 Å². The maximum Gasteiger partial charge on any atom is 0.417 e. The molecular weight excluding hydrogens is 469 g/mol. The van der Waals surface area contributed by atoms with E-state index in [9.17, 15) is 18.0 Å². The molecule has 0 atom stereocenters. The van der Waals surface area contributed by atoms with E-state index in [0.717, 1.165) is 18.1 Å². The quantitative estimate of drug-likeness (QED) is 0.362. The molecule has 2 aromatic carbocycles. The maximum absolute atomic E-state index is 13.9. The van der Waals surface area contributed by atoms with Crippen molar-refractivity contribution in [1.82, 2.24) is 14.8 Å². The van der Waals surface area contributed by atoms with Crippen molar-refractivity contribution in [3.05, 3.63) is 76.4 Å². The van der Waals surface area contributed by atoms with E-state index >= 15 is 0 Å². The third-order valence-electron chi connectivity index (χ3n) is 5.16. The van der Waals surface area contributed by atoms with E-state index in [1.807, 2.05) is 19.1 Å². The molecule has 0 aliphatic rings. The molecule has 0 saturated heterocycles. The van der Waals surface area contributed by atoms with Crippen LogP contribution < -0.4 is 10.1 Å². The number of alkyl halides is 3. The number of nitrogens with one attached hydrogen (secondary N) is 1. The van der Waals surface area contributed by atoms with Gasteiger partial charge in [-0.1, -0.05) is 30.7 Å². The number of hydrogen-bond acceptors (Lipinski definition) is 4. The fourth-order valence-electron chi connectivity index (χ4n) is 3.49. The molecule has 4 rings (SSSR count). The lowest BCUT2D eigenvalue weighted by Crippen LogP contribution is -2.20. The lowest BCUT2D eigenvalue weighted by molar-refractivity contribution is -0.136. The Kier molecular flexibility index (Phi) is 6.47. The highest BCUT2D eigenvalue weighted by atomic mass is 35.5. The van der Waals surface area contributed by atoms with E-state index in [1.165, 1.54) is 11.6 Å². The van der Waals surface area contributed by atoms with Crippen LogP contribution in [0.1, 0.15) is 23.7 Å². The van der Waals surface area contributed by atoms with Gasteiger partial charge in [-0.3, -0.25) is 4.79 Å². The Balaban J connectivity index is 1.67. The van der Waals surface area contributed by atoms with Crippen molar-refractivity contribution in [1.29, 1.82) is 0 Å². The van der Waals surface area contributed by atoms with E-state index in [-0.39, 0.29) is 22.6 Å². The van der Waals surface area contributed by atoms with Crippen molar-refractivity contribution >= 4 is 34.2 Å². The van der Waals surface area contributed by atoms with Crippen molar-refractivity contribution in [2.75, 3.05) is 11.9 Å². The number of nitrogens with zero attached hydrogens (tertiary/aromatic N) is 3. The maximum atomic E-state index is 13.9. The number of aromatic nitrogens is 3. The van der Waals surface area contributed by atoms with Crippen LogP contribution in [0.15, 0.2) is 54.6 Å². The number of rotatable bonds is 6. The van der Waals surface area contributed by atoms with Gasteiger partial charge < -0.3 is 10.1 Å². The van der Waals surface area contributed by atoms with Crippen LogP contribution in [0.4, 0.5) is 18.9 Å². The van der Waals surface area contributed by atoms with Crippen LogP contribution in [0.2, 0.25) is 5.02 Å². The third-order valence-corrected chi connectivity index (χ3v) is 5.41. The molecule has 0 spiro atoms. The normalized spacial score (nSPS) is 11.6. The monoisotopic (exact) mass is 488 g/mol. The van der Waals surface area contributed by atoms with Crippen molar-refractivity contribution in [2.24, 2.45) is 0 Å². The first kappa shape index (κ1) is 23.6. The smallest absolute Gasteiger partial charge is 0.417 e. The molecule has 1 N–H and O–H groups in total. The van der Waals surface area contributed by atoms with E-state index < -0.39 is 24.3 Å². The zero-order valence-electron chi connectivity index (χ0n) is 18.3. The third kappa shape index (κ3) is 4.99. The number of anilines is 1. The fourth-order valence-corrected chi connectivity index (χ4v) is 3.61. The predicted molar refractivity (Wildman–Crippen MR) is 124 cm³/mol. The van der Waals surface area contributed by atoms with Gasteiger partial charge in [0.25, 0.3) is 5.91 Å². The Morgan fingerprint density at radius 3 is 2.41 bits per heavy atom. The van der Waals surface area contributed by atoms with Crippen molar-refractivity contribution < 1.29 is 22.7 Å². The Bertz CT molecular complexity index is 1330. The van der Waals surface area contributed by atoms with Crippen LogP contribution in [-0.4, -0.2) is 27.3 Å². The van der Waals surface area contributed by atoms with Gasteiger partial charge >= 0.3 is 6.18 Å². The summed E-state index contributed by atoms with van der Waals surface area (Å²) >= 11 is 5.82. The van der Waals surface area contributed by atoms with Gasteiger partial charge in [0.15, 0.2) is 12.3 Å². The van der Waals surface area contributed by atoms with Crippen LogP contribution in [-0.2, 0) is 17.4 Å². The molecule has 4 aromatic rings. The van der Waals surface area contributed by atoms with Gasteiger partial charge in [0.1, 0.15) is 0 Å². The topological polar surface area (TPSA) is 69.0 Å². The summed E-state index contributed by atoms with van der Waals surface area (Å²) in [4.78, 5) is 16.5. The van der Waals surface area contributed by atoms with Gasteiger partial charge in [-0.05, 0) is 55.3 Å². The van der Waals surface area contributed by atoms with E-state index in [0.29, 0.717) is 16.4 Å². The van der Waals surface area contributed by atoms with Crippen LogP contribution in [0, 0.1) is 6.92 Å². The minimum absolute atomic E-state index is 0.00955. The molecule has 0 unspecified atom stereocenters. The molecule has 2 aromatic heterocycles. The fraction of sp³-hybridized carbons (Fsp3) is 0.208. The number of amides is 1. The second-order valence-electron chi connectivity index (χ2n) is 7.57. The van der Waals surface area contributed by atoms with Gasteiger partial charge in [0.2, 0.25) is 5.88 Å². The number of aryl methyl sites for hydroxylation is 2. The Morgan fingerprint density at radius 2 is 1.79 bits per heavy atom. The van der Waals surface area contributed by atoms with Crippen LogP contribution in [0.25, 0.3) is 16.7 Å². The molecule has 10 heteroatoms. The Labute approximate surface area is 198 Å². The first-order valence-corrected chi connectivity index (χ1v) is 10.8. The average Bonchev–Trinajstić information content (AvgIpc) is 3.14. The first-order chi connectivity index (χ1) is 16.2. The number of pyridine rings is 1. The minimum atomic E-state index is -4.67. The molecule has 0 saturated carbocycles. The summed E-state index contributed by atoms with van der Waals surface area (Å²) in [5, 5.41) is 7.26. The van der Waals surface area contributed by atoms with Crippen molar-refractivity contribution in [2.45, 2.75) is 26.4 Å². The van der Waals surface area contributed by atoms with Crippen molar-refractivity contribution in [3.8, 4) is 11.6 Å². The molecule has 0 aliphatic heterocycles. The van der Waals surface area contributed by atoms with Gasteiger partial charge in [-0.15, -0.1) is 0 Å². The zero-order chi connectivity index (χ0) is 24.5. The molecule has 0 radical (unpaired) electrons. The molecule has 0 fully saturated rings. The van der Waals surface area contributed by atoms with Gasteiger partial charge in [0, 0.05) is 16.8 Å². The first-order valence-electron chi connectivity index (χ1n) is 10.4. The molecule has 0 bridgehead atoms. The van der Waals surface area contributed by atoms with Gasteiger partial charge in [0.05, 0.1) is 22.3 Å². The molecule has 34 heavy (non-hydrogen) atoms. The molecule has 2 heterocycles. The van der Waals surface area contributed by atoms with Crippen LogP contribution in [0.3, 0.4) is 0 Å². The number of hydrogen-bond donors (Lipinski definition) is 1. The summed E-state index contributed by atoms with van der Waals surface area (Å²) in [7, 11) is 0. The Hall–Kier alpha value is -3.59. The highest BCUT2D eigenvalue weighted by Gasteiger charge is 2.36. The van der Waals surface area contributed by atoms with Crippen molar-refractivity contribution in [3.63, 3.8) is 0 Å². The number of halogens is 4. The molecular formula is C24H20ClF3N4O2. The number of ether oxygens (including phenoxy) is 1. The minimum Gasteiger partial charge on any atom is -0.467 e. The average molecular weight is 489 g/mol. The summed E-state index contributed by atoms with van der Waals surface area (Å²) < 4.78 is 48.4. The number of carbonyl (C=O) groups is 1. The lowest BCUT2D eigenvalue weighted by Gasteiger charge is -2.12. The zero-order valence-corrected chi connectivity index (χ0v) is 19.0. The highest BCUT2D eigenvalue weighted by Crippen LogP contribution is 2.38. The van der Waals surface area contributed by atoms with Crippen LogP contribution >= 0.6 is 11.6 Å². The highest BCUT2D eigenvalue weighted by molar-refractivity contribution is 6.30. The predicted octanol–water partition coefficient (Wildman–Crippen LogP) is 5.98. The SMILES string of the molecule is CCc1ccc(-n2nc(C)c3c(C(F)(F)F)cc(OCC(=O)Nc4ccc(Cl)cc4)nc32)cc1. The van der Waals surface area contributed by atoms with E-state index in [2.05, 4.69) is 15.4 Å². The molecule has 0 aliphatic carbocycles. The summed E-state index contributed by atoms with van der Waals surface area (Å²) in [5.74, 6) is -0.893. The standard InChI is InChI=1S/C24H20ClF3N4O2/c1-3-15-4-10-18(11-5-15)32-23-22(14(2)31-32)19(24(26,27)28)12-21(30-23)34-13-20(33)29-17-8-6-16(25)7-9-17/h4-12H,3,13H2,1-2H3,(H,29,33). The lowest BCUT2D eigenvalue weighted by atomic mass is 10.1.